The summed E-state index contributed by atoms with van der Waals surface area (Å²) in [5.41, 5.74) is -0.324. The van der Waals surface area contributed by atoms with E-state index in [1.54, 1.807) is 24.9 Å². The van der Waals surface area contributed by atoms with Crippen LogP contribution in [0.3, 0.4) is 0 Å². The Hall–Kier alpha value is -0.620. The van der Waals surface area contributed by atoms with Gasteiger partial charge in [0.1, 0.15) is 5.60 Å². The van der Waals surface area contributed by atoms with Crippen LogP contribution in [0, 0.1) is 0 Å². The highest BCUT2D eigenvalue weighted by Gasteiger charge is 2.30. The third-order valence-corrected chi connectivity index (χ3v) is 3.30. The Morgan fingerprint density at radius 3 is 2.79 bits per heavy atom. The summed E-state index contributed by atoms with van der Waals surface area (Å²) in [4.78, 5) is 0. The molecule has 19 heavy (non-hydrogen) atoms. The first-order chi connectivity index (χ1) is 8.90. The van der Waals surface area contributed by atoms with Crippen molar-refractivity contribution >= 4 is 11.6 Å². The number of halogens is 1. The topological polar surface area (TPSA) is 59.3 Å². The fourth-order valence-electron chi connectivity index (χ4n) is 1.99. The largest absolute Gasteiger partial charge is 0.384 e. The predicted molar refractivity (Wildman–Crippen MR) is 76.6 cm³/mol. The molecule has 110 valence electrons. The lowest BCUT2D eigenvalue weighted by atomic mass is 9.97. The minimum absolute atomic E-state index is 0.162. The van der Waals surface area contributed by atoms with E-state index in [0.717, 1.165) is 6.54 Å². The van der Waals surface area contributed by atoms with Crippen LogP contribution in [0.2, 0.25) is 5.02 Å². The fraction of sp³-hybridized carbons (Fsp3) is 0.769. The van der Waals surface area contributed by atoms with Gasteiger partial charge in [0, 0.05) is 19.7 Å². The van der Waals surface area contributed by atoms with E-state index >= 15 is 0 Å². The van der Waals surface area contributed by atoms with Crippen LogP contribution >= 0.6 is 11.6 Å². The quantitative estimate of drug-likeness (QED) is 0.718. The van der Waals surface area contributed by atoms with Gasteiger partial charge in [-0.25, -0.2) is 0 Å². The van der Waals surface area contributed by atoms with Gasteiger partial charge < -0.3 is 15.2 Å². The minimum Gasteiger partial charge on any atom is -0.384 e. The third kappa shape index (κ3) is 4.45. The summed E-state index contributed by atoms with van der Waals surface area (Å²) in [5.74, 6) is 0. The van der Waals surface area contributed by atoms with E-state index in [2.05, 4.69) is 10.4 Å². The van der Waals surface area contributed by atoms with Gasteiger partial charge in [-0.1, -0.05) is 11.6 Å². The number of aliphatic hydroxyl groups is 1. The monoisotopic (exact) mass is 289 g/mol. The molecular formula is C13H24ClN3O2. The summed E-state index contributed by atoms with van der Waals surface area (Å²) in [7, 11) is 1.67. The van der Waals surface area contributed by atoms with E-state index in [4.69, 9.17) is 16.3 Å². The van der Waals surface area contributed by atoms with Gasteiger partial charge in [-0.3, -0.25) is 4.68 Å². The Balaban J connectivity index is 2.68. The van der Waals surface area contributed by atoms with Crippen molar-refractivity contribution in [2.24, 2.45) is 0 Å². The lowest BCUT2D eigenvalue weighted by Gasteiger charge is -2.26. The summed E-state index contributed by atoms with van der Waals surface area (Å²) in [6.45, 7) is 7.92. The first-order valence-corrected chi connectivity index (χ1v) is 6.93. The maximum absolute atomic E-state index is 10.6. The summed E-state index contributed by atoms with van der Waals surface area (Å²) in [5, 5.41) is 18.6. The van der Waals surface area contributed by atoms with Crippen LogP contribution in [0.25, 0.3) is 0 Å². The molecule has 0 saturated carbocycles. The Kier molecular flexibility index (Phi) is 6.26. The fourth-order valence-corrected chi connectivity index (χ4v) is 2.32. The van der Waals surface area contributed by atoms with Crippen molar-refractivity contribution in [1.29, 1.82) is 0 Å². The number of nitrogens with zero attached hydrogens (tertiary/aromatic N) is 2. The Morgan fingerprint density at radius 2 is 2.21 bits per heavy atom. The van der Waals surface area contributed by atoms with E-state index in [9.17, 15) is 5.11 Å². The highest BCUT2D eigenvalue weighted by molar-refractivity contribution is 6.31. The summed E-state index contributed by atoms with van der Waals surface area (Å²) < 4.78 is 6.73. The molecule has 0 spiro atoms. The number of ether oxygens (including phenoxy) is 1. The standard InChI is InChI=1S/C13H24ClN3O2/c1-10(2)17-12(11(14)9-16-17)13(3,18)5-6-15-7-8-19-4/h9-10,15,18H,5-8H2,1-4H3. The molecule has 0 saturated heterocycles. The average Bonchev–Trinajstić information content (AvgIpc) is 2.71. The van der Waals surface area contributed by atoms with Gasteiger partial charge in [-0.15, -0.1) is 0 Å². The number of hydrogen-bond donors (Lipinski definition) is 2. The SMILES string of the molecule is COCCNCCC(C)(O)c1c(Cl)cnn1C(C)C. The number of rotatable bonds is 8. The Bertz CT molecular complexity index is 391. The van der Waals surface area contributed by atoms with Gasteiger partial charge in [-0.2, -0.15) is 5.10 Å². The van der Waals surface area contributed by atoms with Crippen molar-refractivity contribution < 1.29 is 9.84 Å². The minimum atomic E-state index is -1.00. The van der Waals surface area contributed by atoms with Gasteiger partial charge in [0.2, 0.25) is 0 Å². The van der Waals surface area contributed by atoms with Gasteiger partial charge in [-0.05, 0) is 33.7 Å². The molecule has 6 heteroatoms. The second kappa shape index (κ2) is 7.24. The smallest absolute Gasteiger partial charge is 0.106 e. The molecule has 0 bridgehead atoms. The third-order valence-electron chi connectivity index (χ3n) is 3.02. The lowest BCUT2D eigenvalue weighted by Crippen LogP contribution is -2.32. The van der Waals surface area contributed by atoms with Crippen molar-refractivity contribution in [3.63, 3.8) is 0 Å². The molecule has 0 aliphatic carbocycles. The van der Waals surface area contributed by atoms with E-state index in [0.29, 0.717) is 30.3 Å². The van der Waals surface area contributed by atoms with Crippen molar-refractivity contribution in [1.82, 2.24) is 15.1 Å². The summed E-state index contributed by atoms with van der Waals surface area (Å²) >= 11 is 6.15. The van der Waals surface area contributed by atoms with Crippen LogP contribution in [-0.4, -0.2) is 41.7 Å². The normalized spacial score (nSPS) is 14.9. The second-order valence-electron chi connectivity index (χ2n) is 5.15. The zero-order chi connectivity index (χ0) is 14.5. The van der Waals surface area contributed by atoms with Crippen molar-refractivity contribution in [3.8, 4) is 0 Å². The maximum Gasteiger partial charge on any atom is 0.106 e. The molecule has 1 rings (SSSR count). The highest BCUT2D eigenvalue weighted by Crippen LogP contribution is 2.32. The molecule has 5 nitrogen and oxygen atoms in total. The van der Waals surface area contributed by atoms with Crippen LogP contribution in [0.5, 0.6) is 0 Å². The highest BCUT2D eigenvalue weighted by atomic mass is 35.5. The van der Waals surface area contributed by atoms with Crippen LogP contribution in [0.4, 0.5) is 0 Å². The van der Waals surface area contributed by atoms with Crippen molar-refractivity contribution in [2.75, 3.05) is 26.8 Å². The molecule has 0 amide bonds. The Morgan fingerprint density at radius 1 is 1.53 bits per heavy atom. The molecule has 1 heterocycles. The molecule has 0 aliphatic heterocycles. The van der Waals surface area contributed by atoms with Crippen LogP contribution in [0.15, 0.2) is 6.20 Å². The summed E-state index contributed by atoms with van der Waals surface area (Å²) in [6.07, 6.45) is 2.15. The van der Waals surface area contributed by atoms with E-state index < -0.39 is 5.60 Å². The van der Waals surface area contributed by atoms with Gasteiger partial charge in [0.15, 0.2) is 0 Å². The number of hydrogen-bond acceptors (Lipinski definition) is 4. The molecule has 1 aromatic heterocycles. The molecule has 0 aliphatic rings. The summed E-state index contributed by atoms with van der Waals surface area (Å²) in [6, 6.07) is 0.162. The van der Waals surface area contributed by atoms with Gasteiger partial charge in [0.25, 0.3) is 0 Å². The second-order valence-corrected chi connectivity index (χ2v) is 5.55. The number of nitrogens with one attached hydrogen (secondary N) is 1. The van der Waals surface area contributed by atoms with Crippen LogP contribution in [0.1, 0.15) is 38.9 Å². The number of aromatic nitrogens is 2. The van der Waals surface area contributed by atoms with E-state index in [-0.39, 0.29) is 6.04 Å². The zero-order valence-corrected chi connectivity index (χ0v) is 12.9. The first-order valence-electron chi connectivity index (χ1n) is 6.55. The molecule has 0 radical (unpaired) electrons. The molecule has 1 atom stereocenters. The lowest BCUT2D eigenvalue weighted by molar-refractivity contribution is 0.0371. The van der Waals surface area contributed by atoms with Gasteiger partial charge in [0.05, 0.1) is 23.5 Å². The first kappa shape index (κ1) is 16.4. The van der Waals surface area contributed by atoms with Crippen LogP contribution in [-0.2, 0) is 10.3 Å². The maximum atomic E-state index is 10.6. The molecule has 0 aromatic carbocycles. The molecule has 1 aromatic rings. The van der Waals surface area contributed by atoms with E-state index in [1.807, 2.05) is 13.8 Å². The van der Waals surface area contributed by atoms with Crippen LogP contribution < -0.4 is 5.32 Å². The predicted octanol–water partition coefficient (Wildman–Crippen LogP) is 1.95. The van der Waals surface area contributed by atoms with Crippen molar-refractivity contribution in [2.45, 2.75) is 38.8 Å². The van der Waals surface area contributed by atoms with Gasteiger partial charge >= 0.3 is 0 Å². The van der Waals surface area contributed by atoms with Crippen molar-refractivity contribution in [3.05, 3.63) is 16.9 Å². The Labute approximate surface area is 119 Å². The molecule has 1 unspecified atom stereocenters. The molecular weight excluding hydrogens is 266 g/mol. The zero-order valence-electron chi connectivity index (χ0n) is 12.1. The van der Waals surface area contributed by atoms with E-state index in [1.165, 1.54) is 0 Å². The average molecular weight is 290 g/mol. The number of methoxy groups -OCH3 is 1. The molecule has 2 N–H and O–H groups in total. The molecule has 0 fully saturated rings.